The van der Waals surface area contributed by atoms with Crippen molar-refractivity contribution in [3.05, 3.63) is 52.3 Å². The van der Waals surface area contributed by atoms with E-state index in [1.807, 2.05) is 27.0 Å². The van der Waals surface area contributed by atoms with Crippen LogP contribution in [0.25, 0.3) is 0 Å². The smallest absolute Gasteiger partial charge is 0.272 e. The van der Waals surface area contributed by atoms with Crippen LogP contribution in [0.3, 0.4) is 0 Å². The standard InChI is InChI=1S/C23H32N4O2/c1-16-13-20-21(25-26(3)22(20)17(2)29-16)23(28)24-14-18-9-5-6-10-19(18)15-27-11-7-4-8-12-27/h5-6,9-10,16-17H,4,7-8,11-15H2,1-3H3,(H,24,28)/t16-,17+/m1/s1. The highest BCUT2D eigenvalue weighted by Gasteiger charge is 2.31. The topological polar surface area (TPSA) is 59.4 Å². The van der Waals surface area contributed by atoms with E-state index >= 15 is 0 Å². The number of carbonyl (C=O) groups excluding carboxylic acids is 1. The van der Waals surface area contributed by atoms with Crippen molar-refractivity contribution in [2.45, 2.75) is 64.8 Å². The summed E-state index contributed by atoms with van der Waals surface area (Å²) in [6.07, 6.45) is 4.68. The van der Waals surface area contributed by atoms with Gasteiger partial charge in [0.05, 0.1) is 17.9 Å². The number of rotatable bonds is 5. The number of hydrogen-bond donors (Lipinski definition) is 1. The number of piperidine rings is 1. The zero-order valence-electron chi connectivity index (χ0n) is 17.8. The van der Waals surface area contributed by atoms with E-state index in [1.54, 1.807) is 4.68 Å². The molecule has 4 rings (SSSR count). The van der Waals surface area contributed by atoms with E-state index in [2.05, 4.69) is 33.5 Å². The summed E-state index contributed by atoms with van der Waals surface area (Å²) >= 11 is 0. The summed E-state index contributed by atoms with van der Waals surface area (Å²) in [6, 6.07) is 8.43. The molecule has 156 valence electrons. The number of nitrogens with one attached hydrogen (secondary N) is 1. The number of nitrogens with zero attached hydrogens (tertiary/aromatic N) is 3. The van der Waals surface area contributed by atoms with Gasteiger partial charge in [-0.15, -0.1) is 0 Å². The molecule has 1 saturated heterocycles. The molecule has 1 amide bonds. The molecule has 2 atom stereocenters. The highest BCUT2D eigenvalue weighted by Crippen LogP contribution is 2.31. The number of ether oxygens (including phenoxy) is 1. The van der Waals surface area contributed by atoms with Crippen LogP contribution in [0.4, 0.5) is 0 Å². The first kappa shape index (κ1) is 20.1. The van der Waals surface area contributed by atoms with E-state index < -0.39 is 0 Å². The zero-order valence-corrected chi connectivity index (χ0v) is 17.8. The van der Waals surface area contributed by atoms with Gasteiger partial charge in [-0.2, -0.15) is 5.10 Å². The highest BCUT2D eigenvalue weighted by atomic mass is 16.5. The number of likely N-dealkylation sites (tertiary alicyclic amines) is 1. The zero-order chi connectivity index (χ0) is 20.4. The average molecular weight is 397 g/mol. The third kappa shape index (κ3) is 4.38. The number of fused-ring (bicyclic) bond motifs is 1. The van der Waals surface area contributed by atoms with E-state index in [4.69, 9.17) is 4.74 Å². The maximum atomic E-state index is 13.0. The second-order valence-electron chi connectivity index (χ2n) is 8.42. The van der Waals surface area contributed by atoms with Gasteiger partial charge in [0.25, 0.3) is 5.91 Å². The van der Waals surface area contributed by atoms with E-state index in [0.29, 0.717) is 12.2 Å². The highest BCUT2D eigenvalue weighted by molar-refractivity contribution is 5.94. The van der Waals surface area contributed by atoms with Crippen LogP contribution in [-0.4, -0.2) is 39.8 Å². The quantitative estimate of drug-likeness (QED) is 0.842. The molecule has 0 unspecified atom stereocenters. The van der Waals surface area contributed by atoms with Crippen molar-refractivity contribution in [1.82, 2.24) is 20.0 Å². The predicted octanol–water partition coefficient (Wildman–Crippen LogP) is 3.36. The minimum absolute atomic E-state index is 0.0435. The Morgan fingerprint density at radius 2 is 1.90 bits per heavy atom. The van der Waals surface area contributed by atoms with E-state index in [1.165, 1.54) is 43.5 Å². The Hall–Kier alpha value is -2.18. The summed E-state index contributed by atoms with van der Waals surface area (Å²) in [5, 5.41) is 7.63. The van der Waals surface area contributed by atoms with Gasteiger partial charge in [0.2, 0.25) is 0 Å². The molecule has 0 spiro atoms. The largest absolute Gasteiger partial charge is 0.369 e. The fourth-order valence-electron chi connectivity index (χ4n) is 4.72. The van der Waals surface area contributed by atoms with Crippen molar-refractivity contribution < 1.29 is 9.53 Å². The summed E-state index contributed by atoms with van der Waals surface area (Å²) in [5.41, 5.74) is 5.06. The Bertz CT molecular complexity index is 870. The molecule has 0 radical (unpaired) electrons. The van der Waals surface area contributed by atoms with E-state index in [-0.39, 0.29) is 18.1 Å². The Morgan fingerprint density at radius 3 is 2.66 bits per heavy atom. The molecule has 2 aromatic rings. The molecular weight excluding hydrogens is 364 g/mol. The molecule has 0 saturated carbocycles. The first-order chi connectivity index (χ1) is 14.0. The lowest BCUT2D eigenvalue weighted by Crippen LogP contribution is -2.30. The minimum Gasteiger partial charge on any atom is -0.369 e. The average Bonchev–Trinajstić information content (AvgIpc) is 3.04. The Labute approximate surface area is 173 Å². The maximum Gasteiger partial charge on any atom is 0.272 e. The summed E-state index contributed by atoms with van der Waals surface area (Å²) in [4.78, 5) is 15.5. The summed E-state index contributed by atoms with van der Waals surface area (Å²) in [6.45, 7) is 7.88. The number of amides is 1. The van der Waals surface area contributed by atoms with Crippen molar-refractivity contribution in [2.24, 2.45) is 7.05 Å². The molecule has 3 heterocycles. The lowest BCUT2D eigenvalue weighted by Gasteiger charge is -2.27. The van der Waals surface area contributed by atoms with Crippen LogP contribution in [0.2, 0.25) is 0 Å². The first-order valence-corrected chi connectivity index (χ1v) is 10.8. The third-order valence-electron chi connectivity index (χ3n) is 6.12. The monoisotopic (exact) mass is 396 g/mol. The molecule has 2 aliphatic heterocycles. The molecule has 6 heteroatoms. The summed E-state index contributed by atoms with van der Waals surface area (Å²) < 4.78 is 7.70. The van der Waals surface area contributed by atoms with E-state index in [0.717, 1.165) is 24.2 Å². The number of hydrogen-bond acceptors (Lipinski definition) is 4. The number of aromatic nitrogens is 2. The molecule has 6 nitrogen and oxygen atoms in total. The fraction of sp³-hybridized carbons (Fsp3) is 0.565. The minimum atomic E-state index is -0.101. The molecule has 1 N–H and O–H groups in total. The van der Waals surface area contributed by atoms with Crippen LogP contribution in [0.15, 0.2) is 24.3 Å². The first-order valence-electron chi connectivity index (χ1n) is 10.8. The number of aryl methyl sites for hydroxylation is 1. The van der Waals surface area contributed by atoms with Gasteiger partial charge in [-0.25, -0.2) is 0 Å². The number of benzene rings is 1. The Morgan fingerprint density at radius 1 is 1.17 bits per heavy atom. The van der Waals surface area contributed by atoms with Crippen molar-refractivity contribution in [3.8, 4) is 0 Å². The SMILES string of the molecule is C[C@@H]1Cc2c(C(=O)NCc3ccccc3CN3CCCCC3)nn(C)c2[C@H](C)O1. The third-order valence-corrected chi connectivity index (χ3v) is 6.12. The van der Waals surface area contributed by atoms with Gasteiger partial charge in [-0.1, -0.05) is 30.7 Å². The number of carbonyl (C=O) groups is 1. The van der Waals surface area contributed by atoms with Crippen LogP contribution in [0, 0.1) is 0 Å². The van der Waals surface area contributed by atoms with Crippen molar-refractivity contribution in [1.29, 1.82) is 0 Å². The van der Waals surface area contributed by atoms with E-state index in [9.17, 15) is 4.79 Å². The maximum absolute atomic E-state index is 13.0. The van der Waals surface area contributed by atoms with Crippen LogP contribution in [-0.2, 0) is 31.3 Å². The Balaban J connectivity index is 1.46. The summed E-state index contributed by atoms with van der Waals surface area (Å²) in [5.74, 6) is -0.101. The molecule has 1 aromatic carbocycles. The molecular formula is C23H32N4O2. The molecule has 1 fully saturated rings. The second kappa shape index (κ2) is 8.67. The van der Waals surface area contributed by atoms with Gasteiger partial charge in [0.1, 0.15) is 0 Å². The van der Waals surface area contributed by atoms with Crippen molar-refractivity contribution >= 4 is 5.91 Å². The fourth-order valence-corrected chi connectivity index (χ4v) is 4.72. The summed E-state index contributed by atoms with van der Waals surface area (Å²) in [7, 11) is 1.89. The molecule has 0 bridgehead atoms. The van der Waals surface area contributed by atoms with Gasteiger partial charge in [0.15, 0.2) is 5.69 Å². The van der Waals surface area contributed by atoms with Gasteiger partial charge < -0.3 is 10.1 Å². The van der Waals surface area contributed by atoms with Gasteiger partial charge in [-0.05, 0) is 50.9 Å². The Kier molecular flexibility index (Phi) is 6.01. The van der Waals surface area contributed by atoms with Crippen LogP contribution < -0.4 is 5.32 Å². The normalized spacial score (nSPS) is 22.3. The van der Waals surface area contributed by atoms with Crippen molar-refractivity contribution in [2.75, 3.05) is 13.1 Å². The molecule has 2 aliphatic rings. The van der Waals surface area contributed by atoms with Crippen LogP contribution in [0.1, 0.15) is 72.1 Å². The predicted molar refractivity (Wildman–Crippen MR) is 113 cm³/mol. The van der Waals surface area contributed by atoms with Crippen molar-refractivity contribution in [3.63, 3.8) is 0 Å². The lowest BCUT2D eigenvalue weighted by molar-refractivity contribution is -0.00903. The molecule has 29 heavy (non-hydrogen) atoms. The van der Waals surface area contributed by atoms with Gasteiger partial charge in [-0.3, -0.25) is 14.4 Å². The van der Waals surface area contributed by atoms with Gasteiger partial charge >= 0.3 is 0 Å². The van der Waals surface area contributed by atoms with Crippen LogP contribution in [0.5, 0.6) is 0 Å². The van der Waals surface area contributed by atoms with Crippen LogP contribution >= 0.6 is 0 Å². The lowest BCUT2D eigenvalue weighted by atomic mass is 9.99. The van der Waals surface area contributed by atoms with Gasteiger partial charge in [0, 0.05) is 32.1 Å². The molecule has 1 aromatic heterocycles. The molecule has 0 aliphatic carbocycles. The second-order valence-corrected chi connectivity index (χ2v) is 8.42.